The van der Waals surface area contributed by atoms with E-state index in [1.165, 1.54) is 17.2 Å². The Morgan fingerprint density at radius 1 is 1.20 bits per heavy atom. The summed E-state index contributed by atoms with van der Waals surface area (Å²) in [5.74, 6) is 1.98. The molecule has 1 aliphatic heterocycles. The Hall–Kier alpha value is -1.32. The molecule has 104 valence electrons. The zero-order chi connectivity index (χ0) is 13.9. The lowest BCUT2D eigenvalue weighted by Crippen LogP contribution is -2.29. The van der Waals surface area contributed by atoms with Crippen molar-refractivity contribution in [3.05, 3.63) is 71.0 Å². The molecule has 0 spiro atoms. The Morgan fingerprint density at radius 2 is 2.05 bits per heavy atom. The van der Waals surface area contributed by atoms with Gasteiger partial charge in [0, 0.05) is 23.6 Å². The highest BCUT2D eigenvalue weighted by Gasteiger charge is 2.21. The molecule has 2 aromatic carbocycles. The van der Waals surface area contributed by atoms with E-state index in [1.807, 2.05) is 17.8 Å². The molecule has 1 unspecified atom stereocenters. The molecule has 1 N–H and O–H groups in total. The van der Waals surface area contributed by atoms with Crippen LogP contribution in [0.25, 0.3) is 0 Å². The lowest BCUT2D eigenvalue weighted by molar-refractivity contribution is 0.493. The van der Waals surface area contributed by atoms with Crippen LogP contribution in [0.1, 0.15) is 35.7 Å². The Morgan fingerprint density at radius 3 is 2.90 bits per heavy atom. The molecule has 0 amide bonds. The summed E-state index contributed by atoms with van der Waals surface area (Å²) in [6, 6.07) is 15.9. The van der Waals surface area contributed by atoms with Gasteiger partial charge in [0.15, 0.2) is 0 Å². The molecular formula is C17H18FNS. The summed E-state index contributed by atoms with van der Waals surface area (Å²) in [5.41, 5.74) is 3.79. The number of hydrogen-bond donors (Lipinski definition) is 1. The molecule has 20 heavy (non-hydrogen) atoms. The van der Waals surface area contributed by atoms with Gasteiger partial charge in [-0.15, -0.1) is 0 Å². The van der Waals surface area contributed by atoms with Gasteiger partial charge in [-0.05, 0) is 35.7 Å². The maximum Gasteiger partial charge on any atom is 0.123 e. The van der Waals surface area contributed by atoms with Crippen molar-refractivity contribution in [1.82, 2.24) is 5.32 Å². The normalized spacial score (nSPS) is 19.4. The molecule has 0 aliphatic carbocycles. The monoisotopic (exact) mass is 287 g/mol. The van der Waals surface area contributed by atoms with Crippen LogP contribution in [0.4, 0.5) is 4.39 Å². The number of rotatable bonds is 3. The van der Waals surface area contributed by atoms with Crippen LogP contribution in [0, 0.1) is 5.82 Å². The van der Waals surface area contributed by atoms with E-state index in [1.54, 1.807) is 12.1 Å². The first kappa shape index (κ1) is 13.7. The summed E-state index contributed by atoms with van der Waals surface area (Å²) in [5, 5.41) is 3.63. The molecule has 0 aromatic heterocycles. The first-order valence-corrected chi connectivity index (χ1v) is 8.06. The van der Waals surface area contributed by atoms with Crippen LogP contribution in [0.15, 0.2) is 48.5 Å². The fourth-order valence-electron chi connectivity index (χ4n) is 2.69. The quantitative estimate of drug-likeness (QED) is 0.894. The smallest absolute Gasteiger partial charge is 0.123 e. The maximum atomic E-state index is 13.3. The van der Waals surface area contributed by atoms with Crippen molar-refractivity contribution >= 4 is 11.8 Å². The van der Waals surface area contributed by atoms with E-state index in [0.717, 1.165) is 17.1 Å². The van der Waals surface area contributed by atoms with Gasteiger partial charge in [-0.2, -0.15) is 11.8 Å². The first-order valence-electron chi connectivity index (χ1n) is 6.91. The fraction of sp³-hybridized carbons (Fsp3) is 0.294. The number of fused-ring (bicyclic) bond motifs is 1. The average Bonchev–Trinajstić information content (AvgIpc) is 2.47. The third kappa shape index (κ3) is 2.89. The second kappa shape index (κ2) is 5.98. The lowest BCUT2D eigenvalue weighted by atomic mass is 10.00. The van der Waals surface area contributed by atoms with Gasteiger partial charge in [0.25, 0.3) is 0 Å². The average molecular weight is 287 g/mol. The predicted octanol–water partition coefficient (Wildman–Crippen LogP) is 4.46. The summed E-state index contributed by atoms with van der Waals surface area (Å²) in [6.45, 7) is 2.09. The molecule has 0 bridgehead atoms. The number of nitrogens with one attached hydrogen (secondary N) is 1. The van der Waals surface area contributed by atoms with Gasteiger partial charge in [0.05, 0.1) is 0 Å². The molecular weight excluding hydrogens is 269 g/mol. The van der Waals surface area contributed by atoms with Crippen molar-refractivity contribution in [2.45, 2.75) is 24.8 Å². The summed E-state index contributed by atoms with van der Waals surface area (Å²) in [6.07, 6.45) is 0. The Labute approximate surface area is 123 Å². The van der Waals surface area contributed by atoms with E-state index >= 15 is 0 Å². The molecule has 2 aromatic rings. The van der Waals surface area contributed by atoms with Crippen molar-refractivity contribution in [1.29, 1.82) is 0 Å². The summed E-state index contributed by atoms with van der Waals surface area (Å²) in [7, 11) is 0. The summed E-state index contributed by atoms with van der Waals surface area (Å²) < 4.78 is 13.3. The van der Waals surface area contributed by atoms with Crippen molar-refractivity contribution in [2.24, 2.45) is 0 Å². The predicted molar refractivity (Wildman–Crippen MR) is 83.3 cm³/mol. The number of hydrogen-bond acceptors (Lipinski definition) is 2. The van der Waals surface area contributed by atoms with Gasteiger partial charge in [-0.1, -0.05) is 36.4 Å². The van der Waals surface area contributed by atoms with Crippen molar-refractivity contribution in [2.75, 3.05) is 5.75 Å². The number of thioether (sulfide) groups is 1. The molecule has 0 saturated heterocycles. The highest BCUT2D eigenvalue weighted by molar-refractivity contribution is 7.98. The van der Waals surface area contributed by atoms with E-state index in [0.29, 0.717) is 6.04 Å². The molecule has 2 atom stereocenters. The Bertz CT molecular complexity index is 599. The van der Waals surface area contributed by atoms with Gasteiger partial charge in [0.2, 0.25) is 0 Å². The van der Waals surface area contributed by atoms with Crippen LogP contribution in [-0.2, 0) is 5.75 Å². The molecule has 3 rings (SSSR count). The minimum atomic E-state index is -0.172. The van der Waals surface area contributed by atoms with E-state index in [4.69, 9.17) is 0 Å². The molecule has 1 heterocycles. The van der Waals surface area contributed by atoms with Crippen molar-refractivity contribution in [3.8, 4) is 0 Å². The van der Waals surface area contributed by atoms with Crippen LogP contribution in [0.2, 0.25) is 0 Å². The van der Waals surface area contributed by atoms with Crippen molar-refractivity contribution in [3.63, 3.8) is 0 Å². The molecule has 1 nitrogen and oxygen atoms in total. The van der Waals surface area contributed by atoms with Gasteiger partial charge < -0.3 is 5.32 Å². The topological polar surface area (TPSA) is 12.0 Å². The van der Waals surface area contributed by atoms with Gasteiger partial charge in [-0.3, -0.25) is 0 Å². The molecule has 1 aliphatic rings. The van der Waals surface area contributed by atoms with Gasteiger partial charge in [0.1, 0.15) is 5.82 Å². The lowest BCUT2D eigenvalue weighted by Gasteiger charge is -2.29. The van der Waals surface area contributed by atoms with Crippen LogP contribution < -0.4 is 5.32 Å². The van der Waals surface area contributed by atoms with Crippen LogP contribution in [0.5, 0.6) is 0 Å². The second-order valence-electron chi connectivity index (χ2n) is 5.21. The first-order chi connectivity index (χ1) is 9.74. The Balaban J connectivity index is 1.79. The van der Waals surface area contributed by atoms with Gasteiger partial charge in [-0.25, -0.2) is 4.39 Å². The summed E-state index contributed by atoms with van der Waals surface area (Å²) >= 11 is 1.95. The zero-order valence-corrected chi connectivity index (χ0v) is 12.3. The molecule has 0 radical (unpaired) electrons. The largest absolute Gasteiger partial charge is 0.303 e. The third-order valence-electron chi connectivity index (χ3n) is 3.77. The SMILES string of the molecule is C[C@@H](NC1CSCc2ccccc21)c1cccc(F)c1. The standard InChI is InChI=1S/C17H18FNS/c1-12(13-6-4-7-15(18)9-13)19-17-11-20-10-14-5-2-3-8-16(14)17/h2-9,12,17,19H,10-11H2,1H3/t12-,17?/m1/s1. The highest BCUT2D eigenvalue weighted by atomic mass is 32.2. The second-order valence-corrected chi connectivity index (χ2v) is 6.24. The maximum absolute atomic E-state index is 13.3. The Kier molecular flexibility index (Phi) is 4.08. The van der Waals surface area contributed by atoms with Crippen LogP contribution in [0.3, 0.4) is 0 Å². The van der Waals surface area contributed by atoms with Crippen LogP contribution >= 0.6 is 11.8 Å². The summed E-state index contributed by atoms with van der Waals surface area (Å²) in [4.78, 5) is 0. The van der Waals surface area contributed by atoms with Crippen LogP contribution in [-0.4, -0.2) is 5.75 Å². The van der Waals surface area contributed by atoms with E-state index in [9.17, 15) is 4.39 Å². The number of benzene rings is 2. The minimum absolute atomic E-state index is 0.141. The molecule has 0 saturated carbocycles. The van der Waals surface area contributed by atoms with E-state index in [-0.39, 0.29) is 11.9 Å². The zero-order valence-electron chi connectivity index (χ0n) is 11.5. The van der Waals surface area contributed by atoms with E-state index in [2.05, 4.69) is 36.5 Å². The highest BCUT2D eigenvalue weighted by Crippen LogP contribution is 2.33. The van der Waals surface area contributed by atoms with Crippen molar-refractivity contribution < 1.29 is 4.39 Å². The fourth-order valence-corrected chi connectivity index (χ4v) is 3.81. The third-order valence-corrected chi connectivity index (χ3v) is 4.86. The molecule has 3 heteroatoms. The van der Waals surface area contributed by atoms with Gasteiger partial charge >= 0.3 is 0 Å². The van der Waals surface area contributed by atoms with E-state index < -0.39 is 0 Å². The molecule has 0 fully saturated rings. The minimum Gasteiger partial charge on any atom is -0.303 e. The number of halogens is 1.